The smallest absolute Gasteiger partial charge is 0.112 e. The summed E-state index contributed by atoms with van der Waals surface area (Å²) in [5.41, 5.74) is -0.0228. The zero-order chi connectivity index (χ0) is 6.85. The van der Waals surface area contributed by atoms with Crippen LogP contribution in [-0.2, 0) is 0 Å². The molecule has 0 aromatic carbocycles. The third-order valence-corrected chi connectivity index (χ3v) is 2.34. The normalized spacial score (nSPS) is 33.0. The van der Waals surface area contributed by atoms with Crippen LogP contribution >= 0.6 is 23.4 Å². The summed E-state index contributed by atoms with van der Waals surface area (Å²) >= 11 is 11.5. The Labute approximate surface area is 65.4 Å². The fraction of sp³-hybridized carbons (Fsp3) is 1.00. The molecule has 0 bridgehead atoms. The molecule has 0 aromatic heterocycles. The van der Waals surface area contributed by atoms with Gasteiger partial charge in [0, 0.05) is 19.6 Å². The first kappa shape index (κ1) is 7.61. The number of likely N-dealkylation sites (N-methyl/N-ethyl adjacent to an activating group) is 1. The van der Waals surface area contributed by atoms with Gasteiger partial charge in [0.2, 0.25) is 0 Å². The summed E-state index contributed by atoms with van der Waals surface area (Å²) < 4.78 is 1.64. The van der Waals surface area contributed by atoms with Gasteiger partial charge in [-0.05, 0) is 18.8 Å². The number of hydrogen-bond acceptors (Lipinski definition) is 2. The third-order valence-electron chi connectivity index (χ3n) is 1.46. The number of nitrogens with zero attached hydrogens (tertiary/aromatic N) is 2. The molecular formula is C5H10Cl2N2. The van der Waals surface area contributed by atoms with Crippen LogP contribution in [0.4, 0.5) is 0 Å². The van der Waals surface area contributed by atoms with Gasteiger partial charge in [0.1, 0.15) is 5.50 Å². The van der Waals surface area contributed by atoms with E-state index in [2.05, 4.69) is 4.90 Å². The lowest BCUT2D eigenvalue weighted by Gasteiger charge is -2.31. The van der Waals surface area contributed by atoms with Gasteiger partial charge < -0.3 is 4.90 Å². The number of hydrogen-bond donors (Lipinski definition) is 0. The summed E-state index contributed by atoms with van der Waals surface area (Å²) in [6, 6.07) is 0. The van der Waals surface area contributed by atoms with E-state index >= 15 is 0 Å². The highest BCUT2D eigenvalue weighted by molar-refractivity contribution is 6.25. The zero-order valence-electron chi connectivity index (χ0n) is 5.35. The van der Waals surface area contributed by atoms with Gasteiger partial charge in [-0.3, -0.25) is 0 Å². The SMILES string of the molecule is CN1CCN(Cl)C(Cl)C1. The van der Waals surface area contributed by atoms with E-state index in [0.717, 1.165) is 19.6 Å². The average molecular weight is 169 g/mol. The second-order valence-electron chi connectivity index (χ2n) is 2.32. The highest BCUT2D eigenvalue weighted by Gasteiger charge is 2.20. The topological polar surface area (TPSA) is 6.48 Å². The highest BCUT2D eigenvalue weighted by Crippen LogP contribution is 2.13. The van der Waals surface area contributed by atoms with Crippen LogP contribution in [0.25, 0.3) is 0 Å². The summed E-state index contributed by atoms with van der Waals surface area (Å²) in [7, 11) is 2.04. The lowest BCUT2D eigenvalue weighted by atomic mass is 10.4. The summed E-state index contributed by atoms with van der Waals surface area (Å²) in [4.78, 5) is 2.16. The van der Waals surface area contributed by atoms with Gasteiger partial charge in [-0.1, -0.05) is 0 Å². The standard InChI is InChI=1S/C5H10Cl2N2/c1-8-2-3-9(7)5(6)4-8/h5H,2-4H2,1H3. The Bertz CT molecular complexity index is 99.0. The molecule has 54 valence electrons. The van der Waals surface area contributed by atoms with Crippen LogP contribution in [0.5, 0.6) is 0 Å². The van der Waals surface area contributed by atoms with E-state index in [9.17, 15) is 0 Å². The molecule has 0 spiro atoms. The van der Waals surface area contributed by atoms with Crippen molar-refractivity contribution in [3.8, 4) is 0 Å². The van der Waals surface area contributed by atoms with E-state index in [1.807, 2.05) is 7.05 Å². The van der Waals surface area contributed by atoms with Crippen molar-refractivity contribution in [3.63, 3.8) is 0 Å². The second kappa shape index (κ2) is 3.06. The van der Waals surface area contributed by atoms with Crippen LogP contribution in [0.3, 0.4) is 0 Å². The van der Waals surface area contributed by atoms with Gasteiger partial charge in [0.25, 0.3) is 0 Å². The largest absolute Gasteiger partial charge is 0.302 e. The number of halogens is 2. The Morgan fingerprint density at radius 3 is 2.56 bits per heavy atom. The lowest BCUT2D eigenvalue weighted by molar-refractivity contribution is 0.207. The molecule has 9 heavy (non-hydrogen) atoms. The predicted octanol–water partition coefficient (Wildman–Crippen LogP) is 0.952. The molecule has 1 fully saturated rings. The van der Waals surface area contributed by atoms with Crippen molar-refractivity contribution in [2.24, 2.45) is 0 Å². The van der Waals surface area contributed by atoms with Crippen molar-refractivity contribution in [2.75, 3.05) is 26.7 Å². The Balaban J connectivity index is 2.35. The Kier molecular flexibility index (Phi) is 2.59. The Morgan fingerprint density at radius 2 is 2.11 bits per heavy atom. The molecule has 0 aromatic rings. The van der Waals surface area contributed by atoms with Crippen LogP contribution in [0, 0.1) is 0 Å². The van der Waals surface area contributed by atoms with Gasteiger partial charge >= 0.3 is 0 Å². The van der Waals surface area contributed by atoms with Gasteiger partial charge in [-0.2, -0.15) is 4.42 Å². The first-order valence-electron chi connectivity index (χ1n) is 2.95. The molecule has 0 N–H and O–H groups in total. The van der Waals surface area contributed by atoms with E-state index in [0.29, 0.717) is 0 Å². The van der Waals surface area contributed by atoms with Crippen molar-refractivity contribution in [1.29, 1.82) is 0 Å². The molecular weight excluding hydrogens is 159 g/mol. The second-order valence-corrected chi connectivity index (χ2v) is 3.26. The minimum Gasteiger partial charge on any atom is -0.302 e. The maximum absolute atomic E-state index is 5.81. The third kappa shape index (κ3) is 1.97. The van der Waals surface area contributed by atoms with Crippen LogP contribution in [-0.4, -0.2) is 41.5 Å². The minimum atomic E-state index is -0.0228. The molecule has 1 unspecified atom stereocenters. The first-order chi connectivity index (χ1) is 4.20. The summed E-state index contributed by atoms with van der Waals surface area (Å²) in [6.45, 7) is 2.71. The molecule has 1 atom stereocenters. The Hall–Kier alpha value is 0.500. The van der Waals surface area contributed by atoms with E-state index < -0.39 is 0 Å². The highest BCUT2D eigenvalue weighted by atomic mass is 35.5. The van der Waals surface area contributed by atoms with E-state index in [1.165, 1.54) is 0 Å². The quantitative estimate of drug-likeness (QED) is 0.302. The molecule has 1 saturated heterocycles. The monoisotopic (exact) mass is 168 g/mol. The van der Waals surface area contributed by atoms with E-state index in [1.54, 1.807) is 4.42 Å². The molecule has 2 nitrogen and oxygen atoms in total. The van der Waals surface area contributed by atoms with Gasteiger partial charge in [0.15, 0.2) is 0 Å². The molecule has 0 saturated carbocycles. The first-order valence-corrected chi connectivity index (χ1v) is 3.72. The summed E-state index contributed by atoms with van der Waals surface area (Å²) in [5.74, 6) is 0. The molecule has 1 aliphatic heterocycles. The van der Waals surface area contributed by atoms with Crippen molar-refractivity contribution in [1.82, 2.24) is 9.32 Å². The molecule has 1 aliphatic rings. The van der Waals surface area contributed by atoms with Gasteiger partial charge in [0.05, 0.1) is 0 Å². The van der Waals surface area contributed by atoms with E-state index in [-0.39, 0.29) is 5.50 Å². The van der Waals surface area contributed by atoms with Crippen LogP contribution in [0.1, 0.15) is 0 Å². The molecule has 0 radical (unpaired) electrons. The molecule has 1 rings (SSSR count). The summed E-state index contributed by atoms with van der Waals surface area (Å²) in [6.07, 6.45) is 0. The van der Waals surface area contributed by atoms with Crippen molar-refractivity contribution in [2.45, 2.75) is 5.50 Å². The maximum Gasteiger partial charge on any atom is 0.112 e. The minimum absolute atomic E-state index is 0.0228. The maximum atomic E-state index is 5.81. The predicted molar refractivity (Wildman–Crippen MR) is 39.7 cm³/mol. The molecule has 4 heteroatoms. The van der Waals surface area contributed by atoms with Crippen molar-refractivity contribution < 1.29 is 0 Å². The average Bonchev–Trinajstić information content (AvgIpc) is 1.80. The van der Waals surface area contributed by atoms with Crippen LogP contribution < -0.4 is 0 Å². The molecule has 0 amide bonds. The molecule has 1 heterocycles. The number of alkyl halides is 1. The van der Waals surface area contributed by atoms with Crippen LogP contribution in [0.15, 0.2) is 0 Å². The lowest BCUT2D eigenvalue weighted by Crippen LogP contribution is -2.44. The number of rotatable bonds is 0. The van der Waals surface area contributed by atoms with Crippen molar-refractivity contribution >= 4 is 23.4 Å². The fourth-order valence-corrected chi connectivity index (χ4v) is 1.31. The van der Waals surface area contributed by atoms with E-state index in [4.69, 9.17) is 23.4 Å². The number of piperazine rings is 1. The van der Waals surface area contributed by atoms with Crippen molar-refractivity contribution in [3.05, 3.63) is 0 Å². The fourth-order valence-electron chi connectivity index (χ4n) is 0.843. The van der Waals surface area contributed by atoms with Gasteiger partial charge in [-0.25, -0.2) is 0 Å². The zero-order valence-corrected chi connectivity index (χ0v) is 6.86. The Morgan fingerprint density at radius 1 is 1.44 bits per heavy atom. The molecule has 0 aliphatic carbocycles. The van der Waals surface area contributed by atoms with Gasteiger partial charge in [-0.15, -0.1) is 11.6 Å². The summed E-state index contributed by atoms with van der Waals surface area (Å²) in [5, 5.41) is 0. The van der Waals surface area contributed by atoms with Crippen LogP contribution in [0.2, 0.25) is 0 Å².